The minimum atomic E-state index is 0.242. The van der Waals surface area contributed by atoms with Crippen LogP contribution >= 0.6 is 11.8 Å². The Hall–Kier alpha value is -2.53. The van der Waals surface area contributed by atoms with Gasteiger partial charge in [0, 0.05) is 23.1 Å². The molecule has 26 heavy (non-hydrogen) atoms. The van der Waals surface area contributed by atoms with E-state index in [9.17, 15) is 5.11 Å². The molecule has 0 aliphatic heterocycles. The number of aromatic hydroxyl groups is 1. The van der Waals surface area contributed by atoms with Crippen molar-refractivity contribution in [2.24, 2.45) is 5.92 Å². The first-order valence-corrected chi connectivity index (χ1v) is 9.63. The van der Waals surface area contributed by atoms with Gasteiger partial charge in [-0.1, -0.05) is 49.4 Å². The van der Waals surface area contributed by atoms with Crippen LogP contribution in [0.15, 0.2) is 59.8 Å². The van der Waals surface area contributed by atoms with E-state index in [0.29, 0.717) is 5.92 Å². The number of nitrogens with zero attached hydrogens (tertiary/aromatic N) is 2. The fourth-order valence-corrected chi connectivity index (χ4v) is 3.25. The molecule has 0 saturated heterocycles. The third-order valence-corrected chi connectivity index (χ3v) is 4.98. The Balaban J connectivity index is 1.95. The second-order valence-electron chi connectivity index (χ2n) is 6.67. The van der Waals surface area contributed by atoms with Crippen molar-refractivity contribution in [3.05, 3.63) is 60.2 Å². The number of phenolic OH excluding ortho intramolecular Hbond substituents is 1. The first-order valence-electron chi connectivity index (χ1n) is 8.64. The Bertz CT molecular complexity index is 879. The zero-order valence-electron chi connectivity index (χ0n) is 15.2. The lowest BCUT2D eigenvalue weighted by Gasteiger charge is -2.11. The van der Waals surface area contributed by atoms with Gasteiger partial charge in [0.1, 0.15) is 11.6 Å². The summed E-state index contributed by atoms with van der Waals surface area (Å²) in [5, 5.41) is 13.5. The van der Waals surface area contributed by atoms with Gasteiger partial charge in [0.2, 0.25) is 0 Å². The van der Waals surface area contributed by atoms with Crippen molar-refractivity contribution >= 4 is 23.3 Å². The first-order chi connectivity index (χ1) is 12.5. The molecule has 0 aliphatic carbocycles. The maximum atomic E-state index is 9.45. The average molecular weight is 366 g/mol. The Morgan fingerprint density at radius 2 is 1.81 bits per heavy atom. The van der Waals surface area contributed by atoms with Crippen LogP contribution in [0.4, 0.5) is 11.5 Å². The quantitative estimate of drug-likeness (QED) is 0.336. The Labute approximate surface area is 158 Å². The number of hydrogen-bond donors (Lipinski definition) is 2. The summed E-state index contributed by atoms with van der Waals surface area (Å²) in [6.07, 6.45) is 0. The van der Waals surface area contributed by atoms with E-state index in [1.54, 1.807) is 23.9 Å². The Morgan fingerprint density at radius 3 is 2.50 bits per heavy atom. The minimum absolute atomic E-state index is 0.242. The van der Waals surface area contributed by atoms with Crippen LogP contribution < -0.4 is 5.32 Å². The summed E-state index contributed by atoms with van der Waals surface area (Å²) < 4.78 is 0. The monoisotopic (exact) mass is 365 g/mol. The number of anilines is 2. The lowest BCUT2D eigenvalue weighted by atomic mass is 10.1. The predicted octanol–water partition coefficient (Wildman–Crippen LogP) is 5.65. The van der Waals surface area contributed by atoms with E-state index in [1.165, 1.54) is 5.56 Å². The number of aryl methyl sites for hydroxylation is 1. The number of benzene rings is 2. The SMILES string of the molecule is Cc1cccc(-c2cc(Nc3ccc(O)cc3)nc(SCC(C)C)n2)c1. The van der Waals surface area contributed by atoms with Gasteiger partial charge in [-0.25, -0.2) is 9.97 Å². The van der Waals surface area contributed by atoms with Gasteiger partial charge in [0.25, 0.3) is 0 Å². The molecule has 0 unspecified atom stereocenters. The van der Waals surface area contributed by atoms with Crippen LogP contribution in [-0.2, 0) is 0 Å². The van der Waals surface area contributed by atoms with Gasteiger partial charge in [-0.2, -0.15) is 0 Å². The summed E-state index contributed by atoms with van der Waals surface area (Å²) in [6.45, 7) is 6.45. The zero-order chi connectivity index (χ0) is 18.5. The predicted molar refractivity (Wildman–Crippen MR) is 109 cm³/mol. The van der Waals surface area contributed by atoms with Crippen LogP contribution in [0.5, 0.6) is 5.75 Å². The normalized spacial score (nSPS) is 10.9. The summed E-state index contributed by atoms with van der Waals surface area (Å²) in [7, 11) is 0. The van der Waals surface area contributed by atoms with Crippen LogP contribution in [0, 0.1) is 12.8 Å². The van der Waals surface area contributed by atoms with Gasteiger partial charge >= 0.3 is 0 Å². The Kier molecular flexibility index (Phi) is 5.78. The van der Waals surface area contributed by atoms with E-state index in [2.05, 4.69) is 49.3 Å². The van der Waals surface area contributed by atoms with Crippen molar-refractivity contribution in [1.82, 2.24) is 9.97 Å². The molecule has 0 saturated carbocycles. The van der Waals surface area contributed by atoms with Gasteiger partial charge in [0.15, 0.2) is 5.16 Å². The number of phenols is 1. The molecule has 0 aliphatic rings. The third kappa shape index (κ3) is 4.99. The van der Waals surface area contributed by atoms with Crippen molar-refractivity contribution < 1.29 is 5.11 Å². The number of thioether (sulfide) groups is 1. The van der Waals surface area contributed by atoms with Crippen LogP contribution in [0.2, 0.25) is 0 Å². The smallest absolute Gasteiger partial charge is 0.190 e. The summed E-state index contributed by atoms with van der Waals surface area (Å²) in [5.41, 5.74) is 4.05. The molecule has 0 spiro atoms. The summed E-state index contributed by atoms with van der Waals surface area (Å²) >= 11 is 1.67. The first kappa shape index (κ1) is 18.3. The number of aromatic nitrogens is 2. The molecule has 5 heteroatoms. The molecule has 3 aromatic rings. The van der Waals surface area contributed by atoms with Crippen molar-refractivity contribution in [2.75, 3.05) is 11.1 Å². The maximum absolute atomic E-state index is 9.45. The highest BCUT2D eigenvalue weighted by atomic mass is 32.2. The molecule has 3 rings (SSSR count). The van der Waals surface area contributed by atoms with Crippen molar-refractivity contribution in [1.29, 1.82) is 0 Å². The average Bonchev–Trinajstić information content (AvgIpc) is 2.62. The van der Waals surface area contributed by atoms with E-state index in [-0.39, 0.29) is 5.75 Å². The molecule has 0 amide bonds. The second-order valence-corrected chi connectivity index (χ2v) is 7.65. The topological polar surface area (TPSA) is 58.0 Å². The molecule has 2 aromatic carbocycles. The second kappa shape index (κ2) is 8.23. The summed E-state index contributed by atoms with van der Waals surface area (Å²) in [6, 6.07) is 17.2. The van der Waals surface area contributed by atoms with E-state index in [1.807, 2.05) is 24.3 Å². The Morgan fingerprint density at radius 1 is 1.04 bits per heavy atom. The van der Waals surface area contributed by atoms with Gasteiger partial charge in [-0.05, 0) is 43.2 Å². The standard InChI is InChI=1S/C21H23N3OS/c1-14(2)13-26-21-23-19(16-6-4-5-15(3)11-16)12-20(24-21)22-17-7-9-18(25)10-8-17/h4-12,14,25H,13H2,1-3H3,(H,22,23,24). The van der Waals surface area contributed by atoms with Crippen LogP contribution in [0.1, 0.15) is 19.4 Å². The lowest BCUT2D eigenvalue weighted by molar-refractivity contribution is 0.475. The van der Waals surface area contributed by atoms with Crippen molar-refractivity contribution in [3.63, 3.8) is 0 Å². The molecule has 0 fully saturated rings. The highest BCUT2D eigenvalue weighted by Gasteiger charge is 2.09. The molecule has 0 atom stereocenters. The summed E-state index contributed by atoms with van der Waals surface area (Å²) in [5.74, 6) is 2.52. The molecule has 0 bridgehead atoms. The zero-order valence-corrected chi connectivity index (χ0v) is 16.0. The molecular formula is C21H23N3OS. The fourth-order valence-electron chi connectivity index (χ4n) is 2.44. The molecule has 0 radical (unpaired) electrons. The molecule has 1 heterocycles. The van der Waals surface area contributed by atoms with Crippen LogP contribution in [0.25, 0.3) is 11.3 Å². The van der Waals surface area contributed by atoms with Crippen LogP contribution in [-0.4, -0.2) is 20.8 Å². The van der Waals surface area contributed by atoms with Crippen molar-refractivity contribution in [3.8, 4) is 17.0 Å². The van der Waals surface area contributed by atoms with E-state index in [4.69, 9.17) is 4.98 Å². The van der Waals surface area contributed by atoms with Gasteiger partial charge < -0.3 is 10.4 Å². The number of nitrogens with one attached hydrogen (secondary N) is 1. The molecular weight excluding hydrogens is 342 g/mol. The molecule has 2 N–H and O–H groups in total. The van der Waals surface area contributed by atoms with E-state index >= 15 is 0 Å². The lowest BCUT2D eigenvalue weighted by Crippen LogP contribution is -2.00. The van der Waals surface area contributed by atoms with Gasteiger partial charge in [-0.15, -0.1) is 0 Å². The summed E-state index contributed by atoms with van der Waals surface area (Å²) in [4.78, 5) is 9.39. The van der Waals surface area contributed by atoms with Gasteiger partial charge in [-0.3, -0.25) is 0 Å². The van der Waals surface area contributed by atoms with Gasteiger partial charge in [0.05, 0.1) is 5.69 Å². The number of rotatable bonds is 6. The third-order valence-electron chi connectivity index (χ3n) is 3.70. The molecule has 134 valence electrons. The highest BCUT2D eigenvalue weighted by Crippen LogP contribution is 2.27. The maximum Gasteiger partial charge on any atom is 0.190 e. The van der Waals surface area contributed by atoms with E-state index in [0.717, 1.165) is 33.7 Å². The number of hydrogen-bond acceptors (Lipinski definition) is 5. The fraction of sp³-hybridized carbons (Fsp3) is 0.238. The minimum Gasteiger partial charge on any atom is -0.508 e. The van der Waals surface area contributed by atoms with Crippen molar-refractivity contribution in [2.45, 2.75) is 25.9 Å². The molecule has 4 nitrogen and oxygen atoms in total. The largest absolute Gasteiger partial charge is 0.508 e. The van der Waals surface area contributed by atoms with E-state index < -0.39 is 0 Å². The highest BCUT2D eigenvalue weighted by molar-refractivity contribution is 7.99. The van der Waals surface area contributed by atoms with Crippen LogP contribution in [0.3, 0.4) is 0 Å². The molecule has 1 aromatic heterocycles.